The smallest absolute Gasteiger partial charge is 0.275 e. The summed E-state index contributed by atoms with van der Waals surface area (Å²) >= 11 is 6.41. The number of hydrogen-bond donors (Lipinski definition) is 0. The first-order valence-corrected chi connectivity index (χ1v) is 9.94. The van der Waals surface area contributed by atoms with Crippen LogP contribution in [0.15, 0.2) is 72.5 Å². The Labute approximate surface area is 183 Å². The molecule has 3 aromatic rings. The minimum atomic E-state index is -0.691. The van der Waals surface area contributed by atoms with E-state index in [9.17, 15) is 14.5 Å². The molecule has 8 nitrogen and oxygen atoms in total. The zero-order valence-corrected chi connectivity index (χ0v) is 17.7. The van der Waals surface area contributed by atoms with E-state index in [0.29, 0.717) is 16.1 Å². The van der Waals surface area contributed by atoms with Gasteiger partial charge in [-0.25, -0.2) is 9.67 Å². The molecule has 0 saturated carbocycles. The zero-order valence-electron chi connectivity index (χ0n) is 16.9. The molecule has 1 unspecified atom stereocenters. The number of Topliss-reactive ketones (excluding diaryl/α,β-unsaturated/α-hetero) is 2. The zero-order chi connectivity index (χ0) is 22.1. The first-order chi connectivity index (χ1) is 14.9. The average molecular weight is 437 g/mol. The van der Waals surface area contributed by atoms with Gasteiger partial charge in [0.05, 0.1) is 22.7 Å². The number of nitrogens with zero attached hydrogens (tertiary/aromatic N) is 5. The van der Waals surface area contributed by atoms with Crippen LogP contribution in [0.4, 0.5) is 0 Å². The molecule has 0 fully saturated rings. The largest absolute Gasteiger partial charge is 0.294 e. The van der Waals surface area contributed by atoms with Crippen LogP contribution in [0.5, 0.6) is 0 Å². The summed E-state index contributed by atoms with van der Waals surface area (Å²) in [6.07, 6.45) is 2.91. The van der Waals surface area contributed by atoms with Gasteiger partial charge in [-0.15, -0.1) is 5.01 Å². The van der Waals surface area contributed by atoms with E-state index in [2.05, 4.69) is 10.1 Å². The van der Waals surface area contributed by atoms with Gasteiger partial charge in [-0.3, -0.25) is 9.59 Å². The van der Waals surface area contributed by atoms with Gasteiger partial charge in [0.15, 0.2) is 16.4 Å². The van der Waals surface area contributed by atoms with Crippen molar-refractivity contribution in [1.82, 2.24) is 19.8 Å². The number of rotatable bonds is 6. The van der Waals surface area contributed by atoms with E-state index in [1.54, 1.807) is 56.4 Å². The minimum Gasteiger partial charge on any atom is -0.294 e. The van der Waals surface area contributed by atoms with Gasteiger partial charge in [-0.05, 0) is 18.2 Å². The van der Waals surface area contributed by atoms with E-state index in [1.165, 1.54) is 22.3 Å². The molecule has 0 radical (unpaired) electrons. The van der Waals surface area contributed by atoms with E-state index < -0.39 is 6.04 Å². The Balaban J connectivity index is 1.66. The average Bonchev–Trinajstić information content (AvgIpc) is 3.38. The van der Waals surface area contributed by atoms with Gasteiger partial charge in [0.2, 0.25) is 0 Å². The summed E-state index contributed by atoms with van der Waals surface area (Å²) in [6.45, 7) is 1.57. The standard InChI is InChI=1S/C22H19ClN5O3/c1-14-21(19(26(2)28(14)31)11-20(29)15-6-4-3-5-7-15)22(30)17-9-8-16(10-18(17)23)27-13-24-12-25-27/h3-10,12-13,19H,11H2,1-2H3/q+1. The number of hydrogen-bond acceptors (Lipinski definition) is 5. The maximum absolute atomic E-state index is 13.4. The summed E-state index contributed by atoms with van der Waals surface area (Å²) in [5, 5.41) is 5.63. The summed E-state index contributed by atoms with van der Waals surface area (Å²) < 4.78 is 1.52. The SMILES string of the molecule is CC1=C(C(=O)c2ccc(-n3cncn3)cc2Cl)C(CC(=O)c2ccccc2)N(C)[N+]1=O. The molecule has 1 aliphatic heterocycles. The number of allylic oxidation sites excluding steroid dienone is 1. The van der Waals surface area contributed by atoms with Crippen LogP contribution >= 0.6 is 11.6 Å². The van der Waals surface area contributed by atoms with Crippen LogP contribution in [0.2, 0.25) is 5.02 Å². The molecular formula is C22H19ClN5O3+. The van der Waals surface area contributed by atoms with Crippen LogP contribution in [0.3, 0.4) is 0 Å². The lowest BCUT2D eigenvalue weighted by Gasteiger charge is -2.16. The molecule has 0 bridgehead atoms. The summed E-state index contributed by atoms with van der Waals surface area (Å²) in [4.78, 5) is 43.3. The van der Waals surface area contributed by atoms with Crippen molar-refractivity contribution in [1.29, 1.82) is 0 Å². The van der Waals surface area contributed by atoms with Gasteiger partial charge in [0.1, 0.15) is 24.3 Å². The van der Waals surface area contributed by atoms with Crippen molar-refractivity contribution in [3.05, 3.63) is 93.5 Å². The molecule has 31 heavy (non-hydrogen) atoms. The Hall–Kier alpha value is -3.65. The second-order valence-electron chi connectivity index (χ2n) is 7.19. The molecule has 0 saturated heterocycles. The highest BCUT2D eigenvalue weighted by Crippen LogP contribution is 2.32. The van der Waals surface area contributed by atoms with Gasteiger partial charge in [0.25, 0.3) is 5.70 Å². The molecule has 1 aliphatic rings. The Morgan fingerprint density at radius 3 is 2.55 bits per heavy atom. The summed E-state index contributed by atoms with van der Waals surface area (Å²) in [6, 6.07) is 13.0. The molecule has 0 N–H and O–H groups in total. The first kappa shape index (κ1) is 20.6. The fourth-order valence-electron chi connectivity index (χ4n) is 3.68. The number of carbonyl (C=O) groups is 2. The Kier molecular flexibility index (Phi) is 5.48. The lowest BCUT2D eigenvalue weighted by molar-refractivity contribution is -0.656. The second-order valence-corrected chi connectivity index (χ2v) is 7.60. The lowest BCUT2D eigenvalue weighted by atomic mass is 9.92. The predicted molar refractivity (Wildman–Crippen MR) is 114 cm³/mol. The minimum absolute atomic E-state index is 0.00761. The second kappa shape index (κ2) is 8.23. The van der Waals surface area contributed by atoms with E-state index >= 15 is 0 Å². The van der Waals surface area contributed by atoms with Crippen molar-refractivity contribution in [2.75, 3.05) is 7.05 Å². The fourth-order valence-corrected chi connectivity index (χ4v) is 3.94. The molecule has 1 atom stereocenters. The van der Waals surface area contributed by atoms with Gasteiger partial charge in [-0.2, -0.15) is 5.10 Å². The van der Waals surface area contributed by atoms with Gasteiger partial charge < -0.3 is 0 Å². The van der Waals surface area contributed by atoms with E-state index in [1.807, 2.05) is 6.07 Å². The number of ketones is 2. The third kappa shape index (κ3) is 3.77. The van der Waals surface area contributed by atoms with Crippen LogP contribution < -0.4 is 0 Å². The Bertz CT molecular complexity index is 1210. The van der Waals surface area contributed by atoms with Crippen LogP contribution in [0.1, 0.15) is 34.1 Å². The highest BCUT2D eigenvalue weighted by molar-refractivity contribution is 6.35. The van der Waals surface area contributed by atoms with E-state index in [4.69, 9.17) is 11.6 Å². The summed E-state index contributed by atoms with van der Waals surface area (Å²) in [5.41, 5.74) is 1.93. The van der Waals surface area contributed by atoms with Crippen molar-refractivity contribution in [2.24, 2.45) is 0 Å². The Morgan fingerprint density at radius 2 is 1.90 bits per heavy atom. The molecule has 0 amide bonds. The van der Waals surface area contributed by atoms with Gasteiger partial charge in [0, 0.05) is 24.5 Å². The van der Waals surface area contributed by atoms with Gasteiger partial charge >= 0.3 is 0 Å². The van der Waals surface area contributed by atoms with Crippen LogP contribution in [-0.4, -0.2) is 49.3 Å². The quantitative estimate of drug-likeness (QED) is 0.433. The van der Waals surface area contributed by atoms with E-state index in [0.717, 1.165) is 0 Å². The maximum Gasteiger partial charge on any atom is 0.275 e. The highest BCUT2D eigenvalue weighted by Gasteiger charge is 2.47. The Morgan fingerprint density at radius 1 is 1.16 bits per heavy atom. The van der Waals surface area contributed by atoms with Crippen molar-refractivity contribution in [2.45, 2.75) is 19.4 Å². The van der Waals surface area contributed by atoms with Crippen LogP contribution in [0.25, 0.3) is 5.69 Å². The van der Waals surface area contributed by atoms with Gasteiger partial charge in [-0.1, -0.05) is 41.9 Å². The molecule has 0 aliphatic carbocycles. The van der Waals surface area contributed by atoms with Crippen molar-refractivity contribution in [3.8, 4) is 5.69 Å². The number of carbonyl (C=O) groups excluding carboxylic acids is 2. The molecule has 156 valence electrons. The first-order valence-electron chi connectivity index (χ1n) is 9.56. The molecule has 9 heteroatoms. The third-order valence-corrected chi connectivity index (χ3v) is 5.66. The number of hydrazine groups is 1. The number of aromatic nitrogens is 3. The van der Waals surface area contributed by atoms with Crippen molar-refractivity contribution in [3.63, 3.8) is 0 Å². The third-order valence-electron chi connectivity index (χ3n) is 5.35. The predicted octanol–water partition coefficient (Wildman–Crippen LogP) is 3.66. The molecule has 4 rings (SSSR count). The topological polar surface area (TPSA) is 88.2 Å². The van der Waals surface area contributed by atoms with E-state index in [-0.39, 0.29) is 39.8 Å². The normalized spacial score (nSPS) is 16.2. The summed E-state index contributed by atoms with van der Waals surface area (Å²) in [7, 11) is 1.56. The van der Waals surface area contributed by atoms with Crippen LogP contribution in [-0.2, 0) is 0 Å². The monoisotopic (exact) mass is 436 g/mol. The number of benzene rings is 2. The summed E-state index contributed by atoms with van der Waals surface area (Å²) in [5.74, 6) is -0.540. The number of halogens is 1. The lowest BCUT2D eigenvalue weighted by Crippen LogP contribution is -2.35. The number of likely N-dealkylation sites (N-methyl/N-ethyl adjacent to an activating group) is 1. The fraction of sp³-hybridized carbons (Fsp3) is 0.182. The highest BCUT2D eigenvalue weighted by atomic mass is 35.5. The van der Waals surface area contributed by atoms with Crippen LogP contribution in [0, 0.1) is 4.91 Å². The molecule has 2 heterocycles. The van der Waals surface area contributed by atoms with Crippen molar-refractivity contribution < 1.29 is 14.5 Å². The molecule has 2 aromatic carbocycles. The maximum atomic E-state index is 13.4. The molecule has 0 spiro atoms. The van der Waals surface area contributed by atoms with Crippen molar-refractivity contribution >= 4 is 23.2 Å². The molecule has 1 aromatic heterocycles. The molecular weight excluding hydrogens is 418 g/mol. The number of nitroso groups, excluding NO2 is 1.